The Morgan fingerprint density at radius 1 is 0.969 bits per heavy atom. The van der Waals surface area contributed by atoms with Crippen molar-refractivity contribution in [1.29, 1.82) is 0 Å². The minimum Gasteiger partial charge on any atom is -0.493 e. The highest BCUT2D eigenvalue weighted by Gasteiger charge is 2.40. The molecule has 0 radical (unpaired) electrons. The van der Waals surface area contributed by atoms with Gasteiger partial charge in [0.05, 0.1) is 18.2 Å². The summed E-state index contributed by atoms with van der Waals surface area (Å²) in [6.07, 6.45) is 8.99. The largest absolute Gasteiger partial charge is 0.493 e. The van der Waals surface area contributed by atoms with E-state index < -0.39 is 0 Å². The molecule has 0 saturated heterocycles. The fourth-order valence-corrected chi connectivity index (χ4v) is 5.64. The Bertz CT molecular complexity index is 936. The van der Waals surface area contributed by atoms with Crippen LogP contribution in [0.5, 0.6) is 11.5 Å². The number of ether oxygens (including phenoxy) is 2. The molecule has 2 aliphatic carbocycles. The van der Waals surface area contributed by atoms with Crippen LogP contribution in [-0.2, 0) is 9.59 Å². The number of Topliss-reactive ketones (excluding diaryl/α,β-unsaturated/α-hetero) is 2. The molecule has 1 aliphatic heterocycles. The second-order valence-corrected chi connectivity index (χ2v) is 9.69. The van der Waals surface area contributed by atoms with E-state index in [0.29, 0.717) is 30.9 Å². The molecule has 3 aliphatic rings. The third-order valence-corrected chi connectivity index (χ3v) is 7.21. The first-order valence-electron chi connectivity index (χ1n) is 11.8. The predicted octanol–water partition coefficient (Wildman–Crippen LogP) is 6.12. The summed E-state index contributed by atoms with van der Waals surface area (Å²) in [5.41, 5.74) is 4.40. The molecule has 1 N–H and O–H groups in total. The van der Waals surface area contributed by atoms with E-state index in [4.69, 9.17) is 9.47 Å². The van der Waals surface area contributed by atoms with Crippen LogP contribution in [0.25, 0.3) is 0 Å². The number of hydrogen-bond acceptors (Lipinski definition) is 5. The van der Waals surface area contributed by atoms with Crippen LogP contribution in [0.15, 0.2) is 39.1 Å². The van der Waals surface area contributed by atoms with E-state index in [2.05, 4.69) is 28.2 Å². The average molecular weight is 502 g/mol. The van der Waals surface area contributed by atoms with E-state index in [1.165, 1.54) is 12.8 Å². The molecule has 0 saturated carbocycles. The predicted molar refractivity (Wildman–Crippen MR) is 128 cm³/mol. The number of methoxy groups -OCH3 is 1. The maximum atomic E-state index is 13.0. The molecule has 4 rings (SSSR count). The molecule has 0 aromatic heterocycles. The van der Waals surface area contributed by atoms with Crippen LogP contribution >= 0.6 is 15.9 Å². The van der Waals surface area contributed by atoms with Crippen molar-refractivity contribution < 1.29 is 19.1 Å². The maximum absolute atomic E-state index is 13.0. The molecule has 1 heterocycles. The van der Waals surface area contributed by atoms with Gasteiger partial charge in [-0.3, -0.25) is 9.59 Å². The Morgan fingerprint density at radius 3 is 2.22 bits per heavy atom. The molecule has 1 aromatic carbocycles. The SMILES string of the molecule is CCCCCCOc1c(Br)cc(C2C3=C(CCCC3=O)NC3=C2C(=O)CCC3)cc1OC. The van der Waals surface area contributed by atoms with Gasteiger partial charge in [0, 0.05) is 41.3 Å². The lowest BCUT2D eigenvalue weighted by Crippen LogP contribution is -2.36. The molecule has 0 amide bonds. The van der Waals surface area contributed by atoms with Crippen LogP contribution in [0.2, 0.25) is 0 Å². The molecular formula is C26H32BrNO4. The van der Waals surface area contributed by atoms with Crippen molar-refractivity contribution in [2.75, 3.05) is 13.7 Å². The Balaban J connectivity index is 1.72. The summed E-state index contributed by atoms with van der Waals surface area (Å²) in [6, 6.07) is 3.94. The van der Waals surface area contributed by atoms with Gasteiger partial charge >= 0.3 is 0 Å². The first-order chi connectivity index (χ1) is 15.5. The molecule has 1 aromatic rings. The van der Waals surface area contributed by atoms with Crippen molar-refractivity contribution >= 4 is 27.5 Å². The third kappa shape index (κ3) is 4.52. The van der Waals surface area contributed by atoms with Gasteiger partial charge < -0.3 is 14.8 Å². The standard InChI is InChI=1S/C26H32BrNO4/c1-3-4-5-6-13-32-26-17(27)14-16(15-22(26)31-2)23-24-18(9-7-11-20(24)29)28-19-10-8-12-21(30)25(19)23/h14-15,23,28H,3-13H2,1-2H3. The molecule has 0 fully saturated rings. The molecule has 0 atom stereocenters. The summed E-state index contributed by atoms with van der Waals surface area (Å²) in [5, 5.41) is 3.47. The Morgan fingerprint density at radius 2 is 1.62 bits per heavy atom. The van der Waals surface area contributed by atoms with Crippen molar-refractivity contribution in [1.82, 2.24) is 5.32 Å². The number of benzene rings is 1. The fraction of sp³-hybridized carbons (Fsp3) is 0.538. The van der Waals surface area contributed by atoms with E-state index in [0.717, 1.165) is 71.1 Å². The number of dihydropyridines is 1. The number of halogens is 1. The van der Waals surface area contributed by atoms with Crippen molar-refractivity contribution in [2.45, 2.75) is 77.0 Å². The summed E-state index contributed by atoms with van der Waals surface area (Å²) in [5.74, 6) is 1.24. The highest BCUT2D eigenvalue weighted by Crippen LogP contribution is 2.48. The van der Waals surface area contributed by atoms with Crippen molar-refractivity contribution in [3.05, 3.63) is 44.7 Å². The molecular weight excluding hydrogens is 470 g/mol. The summed E-state index contributed by atoms with van der Waals surface area (Å²) < 4.78 is 12.5. The van der Waals surface area contributed by atoms with Gasteiger partial charge in [-0.1, -0.05) is 26.2 Å². The molecule has 0 bridgehead atoms. The van der Waals surface area contributed by atoms with Gasteiger partial charge in [-0.05, 0) is 65.7 Å². The Labute approximate surface area is 198 Å². The van der Waals surface area contributed by atoms with E-state index >= 15 is 0 Å². The number of nitrogens with one attached hydrogen (secondary N) is 1. The monoisotopic (exact) mass is 501 g/mol. The second kappa shape index (κ2) is 10.2. The van der Waals surface area contributed by atoms with E-state index in [9.17, 15) is 9.59 Å². The van der Waals surface area contributed by atoms with Crippen molar-refractivity contribution in [2.24, 2.45) is 0 Å². The van der Waals surface area contributed by atoms with E-state index in [-0.39, 0.29) is 17.5 Å². The van der Waals surface area contributed by atoms with Crippen LogP contribution in [0.4, 0.5) is 0 Å². The second-order valence-electron chi connectivity index (χ2n) is 8.84. The number of carbonyl (C=O) groups excluding carboxylic acids is 2. The minimum atomic E-state index is -0.342. The van der Waals surface area contributed by atoms with E-state index in [1.807, 2.05) is 12.1 Å². The number of unbranched alkanes of at least 4 members (excludes halogenated alkanes) is 3. The van der Waals surface area contributed by atoms with Crippen molar-refractivity contribution in [3.8, 4) is 11.5 Å². The Kier molecular flexibility index (Phi) is 7.39. The normalized spacial score (nSPS) is 19.0. The van der Waals surface area contributed by atoms with Gasteiger partial charge in [0.1, 0.15) is 0 Å². The van der Waals surface area contributed by atoms with E-state index in [1.54, 1.807) is 7.11 Å². The van der Waals surface area contributed by atoms with Gasteiger partial charge in [-0.25, -0.2) is 0 Å². The lowest BCUT2D eigenvalue weighted by molar-refractivity contribution is -0.116. The fourth-order valence-electron chi connectivity index (χ4n) is 5.07. The maximum Gasteiger partial charge on any atom is 0.175 e. The van der Waals surface area contributed by atoms with Gasteiger partial charge in [0.2, 0.25) is 0 Å². The first-order valence-corrected chi connectivity index (χ1v) is 12.6. The van der Waals surface area contributed by atoms with Gasteiger partial charge in [-0.2, -0.15) is 0 Å². The molecule has 6 heteroatoms. The molecule has 5 nitrogen and oxygen atoms in total. The summed E-state index contributed by atoms with van der Waals surface area (Å²) in [7, 11) is 1.63. The highest BCUT2D eigenvalue weighted by molar-refractivity contribution is 9.10. The van der Waals surface area contributed by atoms with Crippen LogP contribution in [0, 0.1) is 0 Å². The van der Waals surface area contributed by atoms with Crippen LogP contribution < -0.4 is 14.8 Å². The lowest BCUT2D eigenvalue weighted by atomic mass is 9.71. The highest BCUT2D eigenvalue weighted by atomic mass is 79.9. The Hall–Kier alpha value is -2.08. The topological polar surface area (TPSA) is 64.6 Å². The quantitative estimate of drug-likeness (QED) is 0.434. The first kappa shape index (κ1) is 23.1. The average Bonchev–Trinajstić information content (AvgIpc) is 2.78. The molecule has 0 spiro atoms. The number of hydrogen-bond donors (Lipinski definition) is 1. The zero-order valence-electron chi connectivity index (χ0n) is 19.0. The summed E-state index contributed by atoms with van der Waals surface area (Å²) in [4.78, 5) is 26.1. The van der Waals surface area contributed by atoms with Gasteiger partial charge in [-0.15, -0.1) is 0 Å². The minimum absolute atomic E-state index is 0.139. The molecule has 0 unspecified atom stereocenters. The number of allylic oxidation sites excluding steroid dienone is 4. The molecule has 32 heavy (non-hydrogen) atoms. The molecule has 172 valence electrons. The van der Waals surface area contributed by atoms with Gasteiger partial charge in [0.15, 0.2) is 23.1 Å². The van der Waals surface area contributed by atoms with Crippen LogP contribution in [-0.4, -0.2) is 25.3 Å². The number of rotatable bonds is 8. The zero-order chi connectivity index (χ0) is 22.7. The van der Waals surface area contributed by atoms with Gasteiger partial charge in [0.25, 0.3) is 0 Å². The summed E-state index contributed by atoms with van der Waals surface area (Å²) in [6.45, 7) is 2.82. The van der Waals surface area contributed by atoms with Crippen molar-refractivity contribution in [3.63, 3.8) is 0 Å². The number of carbonyl (C=O) groups is 2. The number of ketones is 2. The third-order valence-electron chi connectivity index (χ3n) is 6.62. The van der Waals surface area contributed by atoms with Crippen LogP contribution in [0.1, 0.15) is 82.6 Å². The summed E-state index contributed by atoms with van der Waals surface area (Å²) >= 11 is 3.67. The zero-order valence-corrected chi connectivity index (χ0v) is 20.6. The van der Waals surface area contributed by atoms with Crippen LogP contribution in [0.3, 0.4) is 0 Å². The smallest absolute Gasteiger partial charge is 0.175 e. The lowest BCUT2D eigenvalue weighted by Gasteiger charge is -2.37.